The minimum Gasteiger partial charge on any atom is -0.466 e. The number of aromatic nitrogens is 1. The van der Waals surface area contributed by atoms with Crippen LogP contribution in [0.5, 0.6) is 0 Å². The normalized spacial score (nSPS) is 11.2. The minimum absolute atomic E-state index is 0.0336. The number of hydrogen-bond acceptors (Lipinski definition) is 5. The van der Waals surface area contributed by atoms with Crippen LogP contribution >= 0.6 is 0 Å². The molecule has 94 valence electrons. The summed E-state index contributed by atoms with van der Waals surface area (Å²) in [6, 6.07) is 2.99. The summed E-state index contributed by atoms with van der Waals surface area (Å²) in [6.07, 6.45) is 1.33. The van der Waals surface area contributed by atoms with E-state index in [1.807, 2.05) is 0 Å². The van der Waals surface area contributed by atoms with Crippen LogP contribution in [-0.2, 0) is 25.8 Å². The van der Waals surface area contributed by atoms with Gasteiger partial charge in [0, 0.05) is 6.20 Å². The average molecular weight is 257 g/mol. The van der Waals surface area contributed by atoms with E-state index >= 15 is 0 Å². The molecular formula is C11H15NO4S. The molecular weight excluding hydrogens is 242 g/mol. The van der Waals surface area contributed by atoms with Crippen LogP contribution in [0.2, 0.25) is 0 Å². The summed E-state index contributed by atoms with van der Waals surface area (Å²) >= 11 is 0. The summed E-state index contributed by atoms with van der Waals surface area (Å²) in [4.78, 5) is 15.3. The molecule has 0 aliphatic rings. The first-order valence-corrected chi connectivity index (χ1v) is 6.98. The first-order chi connectivity index (χ1) is 7.99. The number of nitrogens with zero attached hydrogens (tertiary/aromatic N) is 1. The molecule has 0 N–H and O–H groups in total. The zero-order valence-electron chi connectivity index (χ0n) is 9.84. The fraction of sp³-hybridized carbons (Fsp3) is 0.455. The van der Waals surface area contributed by atoms with Crippen molar-refractivity contribution in [1.29, 1.82) is 0 Å². The summed E-state index contributed by atoms with van der Waals surface area (Å²) in [6.45, 7) is 3.62. The predicted octanol–water partition coefficient (Wildman–Crippen LogP) is 0.981. The molecule has 0 bridgehead atoms. The molecule has 0 fully saturated rings. The molecule has 0 saturated heterocycles. The van der Waals surface area contributed by atoms with E-state index in [1.165, 1.54) is 18.3 Å². The highest BCUT2D eigenvalue weighted by molar-refractivity contribution is 7.91. The Bertz CT molecular complexity index is 479. The number of sulfone groups is 1. The van der Waals surface area contributed by atoms with Crippen LogP contribution < -0.4 is 0 Å². The maximum Gasteiger partial charge on any atom is 0.311 e. The van der Waals surface area contributed by atoms with E-state index in [4.69, 9.17) is 4.74 Å². The zero-order valence-corrected chi connectivity index (χ0v) is 10.7. The van der Waals surface area contributed by atoms with E-state index in [-0.39, 0.29) is 23.0 Å². The predicted molar refractivity (Wildman–Crippen MR) is 62.3 cm³/mol. The molecule has 0 aliphatic heterocycles. The van der Waals surface area contributed by atoms with Gasteiger partial charge >= 0.3 is 5.97 Å². The molecule has 0 unspecified atom stereocenters. The van der Waals surface area contributed by atoms with Gasteiger partial charge in [-0.3, -0.25) is 9.78 Å². The van der Waals surface area contributed by atoms with Crippen molar-refractivity contribution in [3.05, 3.63) is 24.0 Å². The van der Waals surface area contributed by atoms with Gasteiger partial charge in [0.2, 0.25) is 0 Å². The fourth-order valence-electron chi connectivity index (χ4n) is 1.23. The summed E-state index contributed by atoms with van der Waals surface area (Å²) in [7, 11) is -3.23. The van der Waals surface area contributed by atoms with Gasteiger partial charge in [0.05, 0.1) is 29.4 Å². The summed E-state index contributed by atoms with van der Waals surface area (Å²) in [5.74, 6) is -0.336. The highest BCUT2D eigenvalue weighted by Gasteiger charge is 2.12. The van der Waals surface area contributed by atoms with Crippen LogP contribution in [-0.4, -0.2) is 31.7 Å². The lowest BCUT2D eigenvalue weighted by Crippen LogP contribution is -2.09. The second kappa shape index (κ2) is 5.77. The first kappa shape index (κ1) is 13.6. The van der Waals surface area contributed by atoms with Gasteiger partial charge in [0.1, 0.15) is 0 Å². The van der Waals surface area contributed by atoms with Crippen molar-refractivity contribution < 1.29 is 17.9 Å². The highest BCUT2D eigenvalue weighted by atomic mass is 32.2. The zero-order chi connectivity index (χ0) is 12.9. The third-order valence-corrected chi connectivity index (χ3v) is 3.89. The molecule has 0 aromatic carbocycles. The molecule has 6 heteroatoms. The molecule has 1 rings (SSSR count). The number of esters is 1. The van der Waals surface area contributed by atoms with Gasteiger partial charge in [-0.15, -0.1) is 0 Å². The lowest BCUT2D eigenvalue weighted by Gasteiger charge is -2.03. The lowest BCUT2D eigenvalue weighted by molar-refractivity contribution is -0.142. The minimum atomic E-state index is -3.23. The number of hydrogen-bond donors (Lipinski definition) is 0. The Morgan fingerprint density at radius 1 is 1.35 bits per heavy atom. The Morgan fingerprint density at radius 2 is 2.06 bits per heavy atom. The van der Waals surface area contributed by atoms with Gasteiger partial charge in [-0.2, -0.15) is 0 Å². The average Bonchev–Trinajstić information content (AvgIpc) is 2.30. The monoisotopic (exact) mass is 257 g/mol. The quantitative estimate of drug-likeness (QED) is 0.735. The molecule has 5 nitrogen and oxygen atoms in total. The Morgan fingerprint density at radius 3 is 2.53 bits per heavy atom. The van der Waals surface area contributed by atoms with Gasteiger partial charge in [0.25, 0.3) is 0 Å². The molecule has 1 aromatic rings. The van der Waals surface area contributed by atoms with Crippen molar-refractivity contribution in [2.75, 3.05) is 12.4 Å². The highest BCUT2D eigenvalue weighted by Crippen LogP contribution is 2.10. The number of carbonyl (C=O) groups excluding carboxylic acids is 1. The van der Waals surface area contributed by atoms with Gasteiger partial charge in [0.15, 0.2) is 9.84 Å². The van der Waals surface area contributed by atoms with Crippen molar-refractivity contribution >= 4 is 15.8 Å². The van der Waals surface area contributed by atoms with E-state index < -0.39 is 9.84 Å². The lowest BCUT2D eigenvalue weighted by atomic mass is 10.3. The van der Waals surface area contributed by atoms with Crippen molar-refractivity contribution in [2.45, 2.75) is 25.2 Å². The van der Waals surface area contributed by atoms with Gasteiger partial charge in [-0.05, 0) is 19.1 Å². The molecule has 0 aliphatic carbocycles. The summed E-state index contributed by atoms with van der Waals surface area (Å²) in [5.41, 5.74) is 0.499. The van der Waals surface area contributed by atoms with Crippen LogP contribution in [0.25, 0.3) is 0 Å². The number of pyridine rings is 1. The van der Waals surface area contributed by atoms with E-state index in [0.717, 1.165) is 0 Å². The van der Waals surface area contributed by atoms with Crippen molar-refractivity contribution in [2.24, 2.45) is 0 Å². The molecule has 17 heavy (non-hydrogen) atoms. The van der Waals surface area contributed by atoms with Crippen LogP contribution in [0.1, 0.15) is 19.5 Å². The third-order valence-electron chi connectivity index (χ3n) is 2.17. The molecule has 1 heterocycles. The molecule has 0 saturated carbocycles. The van der Waals surface area contributed by atoms with E-state index in [0.29, 0.717) is 12.3 Å². The van der Waals surface area contributed by atoms with Crippen molar-refractivity contribution in [3.8, 4) is 0 Å². The first-order valence-electron chi connectivity index (χ1n) is 5.33. The van der Waals surface area contributed by atoms with Crippen molar-refractivity contribution in [1.82, 2.24) is 4.98 Å². The summed E-state index contributed by atoms with van der Waals surface area (Å²) in [5, 5.41) is 0. The molecule has 0 amide bonds. The second-order valence-corrected chi connectivity index (χ2v) is 5.65. The van der Waals surface area contributed by atoms with Gasteiger partial charge < -0.3 is 4.74 Å². The topological polar surface area (TPSA) is 73.3 Å². The maximum atomic E-state index is 11.5. The number of carbonyl (C=O) groups is 1. The SMILES string of the molecule is CCOC(=O)Cc1ccc(S(=O)(=O)CC)cn1. The summed E-state index contributed by atoms with van der Waals surface area (Å²) < 4.78 is 27.8. The Hall–Kier alpha value is -1.43. The van der Waals surface area contributed by atoms with E-state index in [9.17, 15) is 13.2 Å². The Labute approximate surface area is 101 Å². The van der Waals surface area contributed by atoms with Crippen LogP contribution in [0.3, 0.4) is 0 Å². The van der Waals surface area contributed by atoms with Crippen LogP contribution in [0.15, 0.2) is 23.2 Å². The van der Waals surface area contributed by atoms with Gasteiger partial charge in [-0.1, -0.05) is 6.92 Å². The molecule has 0 radical (unpaired) electrons. The van der Waals surface area contributed by atoms with Crippen LogP contribution in [0, 0.1) is 0 Å². The van der Waals surface area contributed by atoms with Crippen LogP contribution in [0.4, 0.5) is 0 Å². The molecule has 0 atom stereocenters. The fourth-order valence-corrected chi connectivity index (χ4v) is 2.05. The second-order valence-electron chi connectivity index (χ2n) is 3.37. The number of rotatable bonds is 5. The Balaban J connectivity index is 2.79. The molecule has 1 aromatic heterocycles. The maximum absolute atomic E-state index is 11.5. The number of ether oxygens (including phenoxy) is 1. The van der Waals surface area contributed by atoms with Gasteiger partial charge in [-0.25, -0.2) is 8.42 Å². The third kappa shape index (κ3) is 3.81. The molecule has 0 spiro atoms. The van der Waals surface area contributed by atoms with E-state index in [1.54, 1.807) is 13.8 Å². The smallest absolute Gasteiger partial charge is 0.311 e. The van der Waals surface area contributed by atoms with E-state index in [2.05, 4.69) is 4.98 Å². The Kier molecular flexibility index (Phi) is 4.62. The van der Waals surface area contributed by atoms with Crippen molar-refractivity contribution in [3.63, 3.8) is 0 Å². The standard InChI is InChI=1S/C11H15NO4S/c1-3-16-11(13)7-9-5-6-10(8-12-9)17(14,15)4-2/h5-6,8H,3-4,7H2,1-2H3. The largest absolute Gasteiger partial charge is 0.466 e.